The van der Waals surface area contributed by atoms with Gasteiger partial charge < -0.3 is 5.32 Å². The molecule has 1 fully saturated rings. The van der Waals surface area contributed by atoms with Gasteiger partial charge in [0.15, 0.2) is 0 Å². The molecule has 1 aliphatic carbocycles. The summed E-state index contributed by atoms with van der Waals surface area (Å²) in [6.07, 6.45) is 2.74. The molecule has 1 aliphatic rings. The van der Waals surface area contributed by atoms with Crippen molar-refractivity contribution in [2.75, 3.05) is 5.32 Å². The third-order valence-electron chi connectivity index (χ3n) is 4.09. The lowest BCUT2D eigenvalue weighted by Crippen LogP contribution is -2.02. The van der Waals surface area contributed by atoms with Crippen LogP contribution in [-0.2, 0) is 6.54 Å². The molecule has 0 heterocycles. The van der Waals surface area contributed by atoms with E-state index in [2.05, 4.69) is 61.6 Å². The maximum atomic E-state index is 3.56. The second-order valence-electron chi connectivity index (χ2n) is 5.62. The first-order chi connectivity index (χ1) is 9.24. The summed E-state index contributed by atoms with van der Waals surface area (Å²) >= 11 is 0. The van der Waals surface area contributed by atoms with E-state index in [1.165, 1.54) is 40.8 Å². The Kier molecular flexibility index (Phi) is 3.29. The van der Waals surface area contributed by atoms with Crippen LogP contribution in [0.2, 0.25) is 0 Å². The van der Waals surface area contributed by atoms with Crippen molar-refractivity contribution >= 4 is 5.69 Å². The van der Waals surface area contributed by atoms with Crippen LogP contribution in [0.4, 0.5) is 5.69 Å². The van der Waals surface area contributed by atoms with Crippen molar-refractivity contribution in [3.8, 4) is 0 Å². The fourth-order valence-corrected chi connectivity index (χ4v) is 2.51. The molecule has 0 aliphatic heterocycles. The Morgan fingerprint density at radius 3 is 2.63 bits per heavy atom. The summed E-state index contributed by atoms with van der Waals surface area (Å²) in [5.74, 6) is 0.834. The van der Waals surface area contributed by atoms with Crippen molar-refractivity contribution in [3.63, 3.8) is 0 Å². The van der Waals surface area contributed by atoms with Crippen molar-refractivity contribution in [1.82, 2.24) is 0 Å². The van der Waals surface area contributed by atoms with Crippen molar-refractivity contribution in [2.24, 2.45) is 0 Å². The first-order valence-electron chi connectivity index (χ1n) is 7.13. The van der Waals surface area contributed by atoms with Gasteiger partial charge in [-0.2, -0.15) is 0 Å². The minimum Gasteiger partial charge on any atom is -0.381 e. The Bertz CT molecular complexity index is 582. The molecule has 2 aromatic rings. The van der Waals surface area contributed by atoms with Crippen LogP contribution >= 0.6 is 0 Å². The van der Waals surface area contributed by atoms with Gasteiger partial charge in [0.25, 0.3) is 0 Å². The lowest BCUT2D eigenvalue weighted by atomic mass is 10.1. The van der Waals surface area contributed by atoms with E-state index in [4.69, 9.17) is 0 Å². The van der Waals surface area contributed by atoms with Crippen molar-refractivity contribution < 1.29 is 0 Å². The molecule has 98 valence electrons. The minimum absolute atomic E-state index is 0.834. The van der Waals surface area contributed by atoms with E-state index in [0.29, 0.717) is 0 Å². The average Bonchev–Trinajstić information content (AvgIpc) is 3.25. The number of nitrogens with one attached hydrogen (secondary N) is 1. The zero-order valence-electron chi connectivity index (χ0n) is 11.7. The molecule has 2 aromatic carbocycles. The summed E-state index contributed by atoms with van der Waals surface area (Å²) in [7, 11) is 0. The maximum Gasteiger partial charge on any atom is 0.0400 e. The largest absolute Gasteiger partial charge is 0.381 e. The number of rotatable bonds is 4. The van der Waals surface area contributed by atoms with Gasteiger partial charge in [0.2, 0.25) is 0 Å². The molecule has 0 unspecified atom stereocenters. The van der Waals surface area contributed by atoms with Crippen LogP contribution in [0.3, 0.4) is 0 Å². The second kappa shape index (κ2) is 5.08. The first-order valence-corrected chi connectivity index (χ1v) is 7.13. The molecule has 1 saturated carbocycles. The van der Waals surface area contributed by atoms with E-state index in [-0.39, 0.29) is 0 Å². The number of anilines is 1. The van der Waals surface area contributed by atoms with Crippen molar-refractivity contribution in [3.05, 3.63) is 64.7 Å². The van der Waals surface area contributed by atoms with Gasteiger partial charge >= 0.3 is 0 Å². The predicted octanol–water partition coefficient (Wildman–Crippen LogP) is 4.79. The molecule has 19 heavy (non-hydrogen) atoms. The van der Waals surface area contributed by atoms with Crippen LogP contribution in [0.1, 0.15) is 41.0 Å². The molecular formula is C18H21N. The fraction of sp³-hybridized carbons (Fsp3) is 0.333. The van der Waals surface area contributed by atoms with Gasteiger partial charge in [-0.3, -0.25) is 0 Å². The standard InChI is InChI=1S/C18H21N/c1-13-5-3-8-18(14(13)2)19-12-15-6-4-7-17(11-15)16-9-10-16/h3-8,11,16,19H,9-10,12H2,1-2H3. The third-order valence-corrected chi connectivity index (χ3v) is 4.09. The summed E-state index contributed by atoms with van der Waals surface area (Å²) in [6.45, 7) is 5.25. The highest BCUT2D eigenvalue weighted by molar-refractivity contribution is 5.54. The van der Waals surface area contributed by atoms with Gasteiger partial charge in [0.05, 0.1) is 0 Å². The van der Waals surface area contributed by atoms with Gasteiger partial charge in [-0.15, -0.1) is 0 Å². The number of benzene rings is 2. The quantitative estimate of drug-likeness (QED) is 0.823. The molecule has 1 N–H and O–H groups in total. The summed E-state index contributed by atoms with van der Waals surface area (Å²) in [5, 5.41) is 3.56. The highest BCUT2D eigenvalue weighted by Crippen LogP contribution is 2.40. The number of hydrogen-bond donors (Lipinski definition) is 1. The molecular weight excluding hydrogens is 230 g/mol. The number of aryl methyl sites for hydroxylation is 1. The van der Waals surface area contributed by atoms with Crippen molar-refractivity contribution in [1.29, 1.82) is 0 Å². The predicted molar refractivity (Wildman–Crippen MR) is 81.7 cm³/mol. The van der Waals surface area contributed by atoms with E-state index < -0.39 is 0 Å². The molecule has 0 radical (unpaired) electrons. The van der Waals surface area contributed by atoms with Gasteiger partial charge in [0.1, 0.15) is 0 Å². The van der Waals surface area contributed by atoms with Gasteiger partial charge in [-0.25, -0.2) is 0 Å². The Balaban J connectivity index is 1.71. The Morgan fingerprint density at radius 1 is 1.05 bits per heavy atom. The highest BCUT2D eigenvalue weighted by atomic mass is 14.9. The summed E-state index contributed by atoms with van der Waals surface area (Å²) < 4.78 is 0. The maximum absolute atomic E-state index is 3.56. The van der Waals surface area contributed by atoms with E-state index in [1.54, 1.807) is 0 Å². The third kappa shape index (κ3) is 2.81. The second-order valence-corrected chi connectivity index (χ2v) is 5.62. The Morgan fingerprint density at radius 2 is 1.84 bits per heavy atom. The fourth-order valence-electron chi connectivity index (χ4n) is 2.51. The zero-order valence-corrected chi connectivity index (χ0v) is 11.7. The Labute approximate surface area is 115 Å². The lowest BCUT2D eigenvalue weighted by Gasteiger charge is -2.12. The number of hydrogen-bond acceptors (Lipinski definition) is 1. The van der Waals surface area contributed by atoms with Crippen LogP contribution in [-0.4, -0.2) is 0 Å². The smallest absolute Gasteiger partial charge is 0.0400 e. The van der Waals surface area contributed by atoms with Crippen molar-refractivity contribution in [2.45, 2.75) is 39.2 Å². The highest BCUT2D eigenvalue weighted by Gasteiger charge is 2.23. The lowest BCUT2D eigenvalue weighted by molar-refractivity contribution is 1.08. The molecule has 0 atom stereocenters. The summed E-state index contributed by atoms with van der Waals surface area (Å²) in [4.78, 5) is 0. The monoisotopic (exact) mass is 251 g/mol. The SMILES string of the molecule is Cc1cccc(NCc2cccc(C3CC3)c2)c1C. The minimum atomic E-state index is 0.834. The molecule has 0 spiro atoms. The first kappa shape index (κ1) is 12.3. The van der Waals surface area contributed by atoms with Crippen LogP contribution in [0.5, 0.6) is 0 Å². The average molecular weight is 251 g/mol. The Hall–Kier alpha value is -1.76. The zero-order chi connectivity index (χ0) is 13.2. The van der Waals surface area contributed by atoms with E-state index >= 15 is 0 Å². The molecule has 0 aromatic heterocycles. The topological polar surface area (TPSA) is 12.0 Å². The van der Waals surface area contributed by atoms with E-state index in [0.717, 1.165) is 12.5 Å². The van der Waals surface area contributed by atoms with Crippen LogP contribution in [0, 0.1) is 13.8 Å². The van der Waals surface area contributed by atoms with Crippen LogP contribution in [0.25, 0.3) is 0 Å². The molecule has 0 bridgehead atoms. The van der Waals surface area contributed by atoms with Crippen LogP contribution in [0.15, 0.2) is 42.5 Å². The van der Waals surface area contributed by atoms with Gasteiger partial charge in [-0.05, 0) is 60.9 Å². The van der Waals surface area contributed by atoms with Crippen LogP contribution < -0.4 is 5.32 Å². The molecule has 0 saturated heterocycles. The molecule has 1 nitrogen and oxygen atoms in total. The van der Waals surface area contributed by atoms with Gasteiger partial charge in [0, 0.05) is 12.2 Å². The van der Waals surface area contributed by atoms with E-state index in [1.807, 2.05) is 0 Å². The summed E-state index contributed by atoms with van der Waals surface area (Å²) in [6, 6.07) is 15.5. The van der Waals surface area contributed by atoms with E-state index in [9.17, 15) is 0 Å². The molecule has 1 heteroatoms. The molecule has 3 rings (SSSR count). The normalized spacial score (nSPS) is 14.4. The summed E-state index contributed by atoms with van der Waals surface area (Å²) in [5.41, 5.74) is 6.83. The van der Waals surface area contributed by atoms with Gasteiger partial charge in [-0.1, -0.05) is 36.4 Å². The molecule has 0 amide bonds.